The zero-order chi connectivity index (χ0) is 21.2. The van der Waals surface area contributed by atoms with Crippen molar-refractivity contribution >= 4 is 11.9 Å². The molecule has 0 spiro atoms. The molecule has 0 aromatic heterocycles. The maximum atomic E-state index is 12.7. The molecule has 2 saturated heterocycles. The molecule has 0 saturated carbocycles. The molecule has 1 amide bonds. The van der Waals surface area contributed by atoms with Gasteiger partial charge in [-0.2, -0.15) is 0 Å². The van der Waals surface area contributed by atoms with Gasteiger partial charge in [0, 0.05) is 24.4 Å². The van der Waals surface area contributed by atoms with Crippen molar-refractivity contribution in [1.29, 1.82) is 0 Å². The maximum absolute atomic E-state index is 12.7. The van der Waals surface area contributed by atoms with Gasteiger partial charge >= 0.3 is 6.09 Å². The van der Waals surface area contributed by atoms with Gasteiger partial charge < -0.3 is 9.64 Å². The highest BCUT2D eigenvalue weighted by atomic mass is 16.6. The molecule has 2 bridgehead atoms. The lowest BCUT2D eigenvalue weighted by Gasteiger charge is -2.37. The number of rotatable bonds is 12. The normalized spacial score (nSPS) is 22.7. The summed E-state index contributed by atoms with van der Waals surface area (Å²) in [6, 6.07) is 10.1. The van der Waals surface area contributed by atoms with Crippen molar-refractivity contribution in [1.82, 2.24) is 4.90 Å². The Morgan fingerprint density at radius 1 is 0.967 bits per heavy atom. The van der Waals surface area contributed by atoms with Crippen LogP contribution in [0.5, 0.6) is 0 Å². The van der Waals surface area contributed by atoms with Crippen molar-refractivity contribution in [2.24, 2.45) is 5.92 Å². The number of hydrogen-bond acceptors (Lipinski definition) is 3. The Morgan fingerprint density at radius 2 is 1.60 bits per heavy atom. The van der Waals surface area contributed by atoms with Gasteiger partial charge in [-0.05, 0) is 50.5 Å². The third-order valence-corrected chi connectivity index (χ3v) is 6.69. The summed E-state index contributed by atoms with van der Waals surface area (Å²) >= 11 is 0. The summed E-state index contributed by atoms with van der Waals surface area (Å²) in [7, 11) is 0. The summed E-state index contributed by atoms with van der Waals surface area (Å²) in [4.78, 5) is 27.3. The largest absolute Gasteiger partial charge is 0.445 e. The zero-order valence-electron chi connectivity index (χ0n) is 18.3. The zero-order valence-corrected chi connectivity index (χ0v) is 18.3. The molecule has 2 aliphatic rings. The molecule has 2 fully saturated rings. The predicted molar refractivity (Wildman–Crippen MR) is 120 cm³/mol. The van der Waals surface area contributed by atoms with Gasteiger partial charge in [-0.25, -0.2) is 4.79 Å². The Labute approximate surface area is 181 Å². The molecule has 4 heteroatoms. The van der Waals surface area contributed by atoms with E-state index in [0.29, 0.717) is 18.8 Å². The molecule has 1 aromatic carbocycles. The molecule has 0 N–H and O–H groups in total. The third kappa shape index (κ3) is 6.45. The fourth-order valence-corrected chi connectivity index (χ4v) is 5.03. The average Bonchev–Trinajstić information content (AvgIpc) is 3.03. The fourth-order valence-electron chi connectivity index (χ4n) is 5.03. The van der Waals surface area contributed by atoms with Crippen LogP contribution in [-0.2, 0) is 16.1 Å². The van der Waals surface area contributed by atoms with E-state index in [0.717, 1.165) is 50.5 Å². The summed E-state index contributed by atoms with van der Waals surface area (Å²) in [6.07, 6.45) is 14.4. The Balaban J connectivity index is 1.36. The monoisotopic (exact) mass is 411 g/mol. The maximum Gasteiger partial charge on any atom is 0.410 e. The molecule has 2 heterocycles. The van der Waals surface area contributed by atoms with Crippen LogP contribution < -0.4 is 0 Å². The molecule has 1 aromatic rings. The number of carbonyl (C=O) groups excluding carboxylic acids is 2. The first-order chi connectivity index (χ1) is 14.7. The number of allylic oxidation sites excluding steroid dienone is 1. The van der Waals surface area contributed by atoms with Crippen LogP contribution in [0.15, 0.2) is 43.0 Å². The number of benzene rings is 1. The van der Waals surface area contributed by atoms with Gasteiger partial charge in [0.1, 0.15) is 12.4 Å². The van der Waals surface area contributed by atoms with Crippen LogP contribution in [-0.4, -0.2) is 28.9 Å². The van der Waals surface area contributed by atoms with Gasteiger partial charge in [0.25, 0.3) is 0 Å². The summed E-state index contributed by atoms with van der Waals surface area (Å²) in [6.45, 7) is 4.07. The first kappa shape index (κ1) is 22.6. The van der Waals surface area contributed by atoms with Crippen LogP contribution >= 0.6 is 0 Å². The standard InChI is InChI=1S/C26H37NO3/c1-2-3-4-5-6-7-8-12-15-25(28)22-18-23-16-17-24(19-22)27(23)26(29)30-20-21-13-10-9-11-14-21/h2,9-11,13-14,22-24H,1,3-8,12,15-20H2. The second-order valence-corrected chi connectivity index (χ2v) is 8.92. The van der Waals surface area contributed by atoms with Gasteiger partial charge in [-0.15, -0.1) is 6.58 Å². The van der Waals surface area contributed by atoms with Crippen molar-refractivity contribution in [3.8, 4) is 0 Å². The van der Waals surface area contributed by atoms with Crippen LogP contribution in [0.25, 0.3) is 0 Å². The molecule has 2 unspecified atom stereocenters. The van der Waals surface area contributed by atoms with Gasteiger partial charge in [0.05, 0.1) is 0 Å². The minimum absolute atomic E-state index is 0.133. The van der Waals surface area contributed by atoms with Crippen LogP contribution in [0.2, 0.25) is 0 Å². The lowest BCUT2D eigenvalue weighted by Crippen LogP contribution is -2.48. The fraction of sp³-hybridized carbons (Fsp3) is 0.615. The molecule has 2 atom stereocenters. The number of nitrogens with zero attached hydrogens (tertiary/aromatic N) is 1. The molecule has 0 radical (unpaired) electrons. The lowest BCUT2D eigenvalue weighted by molar-refractivity contribution is -0.125. The smallest absolute Gasteiger partial charge is 0.410 e. The number of amides is 1. The van der Waals surface area contributed by atoms with Crippen LogP contribution in [0.4, 0.5) is 4.79 Å². The van der Waals surface area contributed by atoms with Crippen LogP contribution in [0.3, 0.4) is 0 Å². The molecule has 2 aliphatic heterocycles. The van der Waals surface area contributed by atoms with E-state index >= 15 is 0 Å². The Kier molecular flexibility index (Phi) is 8.98. The van der Waals surface area contributed by atoms with E-state index in [1.54, 1.807) is 0 Å². The van der Waals surface area contributed by atoms with Gasteiger partial charge in [-0.3, -0.25) is 4.79 Å². The number of ketones is 1. The van der Waals surface area contributed by atoms with E-state index in [1.165, 1.54) is 25.7 Å². The van der Waals surface area contributed by atoms with E-state index in [4.69, 9.17) is 4.74 Å². The van der Waals surface area contributed by atoms with Crippen molar-refractivity contribution in [3.63, 3.8) is 0 Å². The Morgan fingerprint density at radius 3 is 2.27 bits per heavy atom. The molecule has 4 nitrogen and oxygen atoms in total. The summed E-state index contributed by atoms with van der Waals surface area (Å²) in [5.74, 6) is 0.545. The minimum Gasteiger partial charge on any atom is -0.445 e. The number of ether oxygens (including phenoxy) is 1. The summed E-state index contributed by atoms with van der Waals surface area (Å²) in [5.41, 5.74) is 1.00. The molecule has 30 heavy (non-hydrogen) atoms. The Hall–Kier alpha value is -2.10. The third-order valence-electron chi connectivity index (χ3n) is 6.69. The number of carbonyl (C=O) groups is 2. The van der Waals surface area contributed by atoms with Gasteiger partial charge in [-0.1, -0.05) is 62.1 Å². The first-order valence-corrected chi connectivity index (χ1v) is 11.8. The van der Waals surface area contributed by atoms with Gasteiger partial charge in [0.2, 0.25) is 0 Å². The highest BCUT2D eigenvalue weighted by molar-refractivity contribution is 5.81. The van der Waals surface area contributed by atoms with E-state index in [2.05, 4.69) is 6.58 Å². The van der Waals surface area contributed by atoms with Crippen molar-refractivity contribution in [2.45, 2.75) is 95.7 Å². The van der Waals surface area contributed by atoms with Gasteiger partial charge in [0.15, 0.2) is 0 Å². The lowest BCUT2D eigenvalue weighted by atomic mass is 9.85. The molecular formula is C26H37NO3. The van der Waals surface area contributed by atoms with E-state index in [-0.39, 0.29) is 24.1 Å². The summed E-state index contributed by atoms with van der Waals surface area (Å²) < 4.78 is 5.57. The Bertz CT molecular complexity index is 673. The minimum atomic E-state index is -0.214. The molecule has 164 valence electrons. The SMILES string of the molecule is C=CCCCCCCCCC(=O)C1CC2CCC(C1)N2C(=O)OCc1ccccc1. The van der Waals surface area contributed by atoms with Crippen molar-refractivity contribution < 1.29 is 14.3 Å². The second-order valence-electron chi connectivity index (χ2n) is 8.92. The highest BCUT2D eigenvalue weighted by Gasteiger charge is 2.45. The predicted octanol–water partition coefficient (Wildman–Crippen LogP) is 6.44. The van der Waals surface area contributed by atoms with E-state index in [1.807, 2.05) is 41.3 Å². The topological polar surface area (TPSA) is 46.6 Å². The average molecular weight is 412 g/mol. The number of piperidine rings is 1. The number of fused-ring (bicyclic) bond motifs is 2. The summed E-state index contributed by atoms with van der Waals surface area (Å²) in [5, 5.41) is 0. The number of hydrogen-bond donors (Lipinski definition) is 0. The first-order valence-electron chi connectivity index (χ1n) is 11.8. The van der Waals surface area contributed by atoms with Crippen molar-refractivity contribution in [2.75, 3.05) is 0 Å². The van der Waals surface area contributed by atoms with E-state index < -0.39 is 0 Å². The number of unbranched alkanes of at least 4 members (excludes halogenated alkanes) is 6. The number of Topliss-reactive ketones (excluding diaryl/α,β-unsaturated/α-hetero) is 1. The van der Waals surface area contributed by atoms with Crippen LogP contribution in [0.1, 0.15) is 82.6 Å². The molecule has 3 rings (SSSR count). The highest BCUT2D eigenvalue weighted by Crippen LogP contribution is 2.40. The van der Waals surface area contributed by atoms with Crippen molar-refractivity contribution in [3.05, 3.63) is 48.6 Å². The molecular weight excluding hydrogens is 374 g/mol. The molecule has 0 aliphatic carbocycles. The van der Waals surface area contributed by atoms with Crippen LogP contribution in [0, 0.1) is 5.92 Å². The quantitative estimate of drug-likeness (QED) is 0.294. The second kappa shape index (κ2) is 11.9. The van der Waals surface area contributed by atoms with E-state index in [9.17, 15) is 9.59 Å².